The number of hydrogen-bond donors (Lipinski definition) is 1. The molecule has 2 N–H and O–H groups in total. The van der Waals surface area contributed by atoms with Crippen molar-refractivity contribution >= 4 is 11.5 Å². The van der Waals surface area contributed by atoms with Gasteiger partial charge < -0.3 is 10.5 Å². The Balaban J connectivity index is 2.04. The molecule has 6 nitrogen and oxygen atoms in total. The van der Waals surface area contributed by atoms with Gasteiger partial charge in [-0.25, -0.2) is 0 Å². The van der Waals surface area contributed by atoms with Crippen LogP contribution in [0.5, 0.6) is 5.88 Å². The number of hydrogen-bond acceptors (Lipinski definition) is 5. The predicted molar refractivity (Wildman–Crippen MR) is 71.9 cm³/mol. The maximum Gasteiger partial charge on any atom is 0.311 e. The van der Waals surface area contributed by atoms with Gasteiger partial charge in [-0.05, 0) is 31.1 Å². The molecule has 0 spiro atoms. The molecule has 104 valence electrons. The zero-order valence-corrected chi connectivity index (χ0v) is 11.2. The average Bonchev–Trinajstić information content (AvgIpc) is 2.33. The number of anilines is 1. The molecular weight excluding hydrogens is 246 g/mol. The van der Waals surface area contributed by atoms with Crippen LogP contribution in [0.2, 0.25) is 0 Å². The lowest BCUT2D eigenvalue weighted by Gasteiger charge is -2.31. The lowest BCUT2D eigenvalue weighted by molar-refractivity contribution is -0.384. The smallest absolute Gasteiger partial charge is 0.311 e. The van der Waals surface area contributed by atoms with Crippen molar-refractivity contribution in [3.05, 3.63) is 22.2 Å². The third-order valence-corrected chi connectivity index (χ3v) is 3.91. The molecular formula is C13H19N3O3. The van der Waals surface area contributed by atoms with Crippen LogP contribution >= 0.6 is 0 Å². The predicted octanol–water partition coefficient (Wildman–Crippen LogP) is 2.78. The van der Waals surface area contributed by atoms with Crippen LogP contribution in [0.3, 0.4) is 0 Å². The minimum Gasteiger partial charge on any atom is -0.474 e. The van der Waals surface area contributed by atoms with Crippen molar-refractivity contribution in [3.63, 3.8) is 0 Å². The summed E-state index contributed by atoms with van der Waals surface area (Å²) in [4.78, 5) is 14.0. The van der Waals surface area contributed by atoms with Crippen LogP contribution in [0.25, 0.3) is 0 Å². The van der Waals surface area contributed by atoms with Crippen molar-refractivity contribution < 1.29 is 9.66 Å². The van der Waals surface area contributed by atoms with Crippen LogP contribution in [0.15, 0.2) is 12.1 Å². The molecule has 19 heavy (non-hydrogen) atoms. The largest absolute Gasteiger partial charge is 0.474 e. The Morgan fingerprint density at radius 3 is 2.68 bits per heavy atom. The van der Waals surface area contributed by atoms with Gasteiger partial charge >= 0.3 is 5.69 Å². The summed E-state index contributed by atoms with van der Waals surface area (Å²) in [5.41, 5.74) is 5.36. The summed E-state index contributed by atoms with van der Waals surface area (Å²) in [5.74, 6) is 1.61. The third-order valence-electron chi connectivity index (χ3n) is 3.91. The number of nitrogens with two attached hydrogens (primary N) is 1. The van der Waals surface area contributed by atoms with Gasteiger partial charge in [-0.1, -0.05) is 13.8 Å². The van der Waals surface area contributed by atoms with E-state index in [0.29, 0.717) is 11.8 Å². The van der Waals surface area contributed by atoms with E-state index in [0.717, 1.165) is 25.2 Å². The lowest BCUT2D eigenvalue weighted by atomic mass is 9.80. The Morgan fingerprint density at radius 1 is 1.37 bits per heavy atom. The van der Waals surface area contributed by atoms with Crippen LogP contribution in [0.1, 0.15) is 33.1 Å². The second kappa shape index (κ2) is 5.42. The number of nitro groups is 1. The molecule has 1 aliphatic carbocycles. The second-order valence-corrected chi connectivity index (χ2v) is 5.32. The summed E-state index contributed by atoms with van der Waals surface area (Å²) >= 11 is 0. The van der Waals surface area contributed by atoms with Crippen molar-refractivity contribution in [2.24, 2.45) is 11.8 Å². The van der Waals surface area contributed by atoms with E-state index in [1.54, 1.807) is 0 Å². The Morgan fingerprint density at radius 2 is 2.11 bits per heavy atom. The number of nitrogens with zero attached hydrogens (tertiary/aromatic N) is 2. The Labute approximate surface area is 112 Å². The molecule has 0 aromatic carbocycles. The third kappa shape index (κ3) is 3.13. The maximum atomic E-state index is 10.6. The van der Waals surface area contributed by atoms with E-state index in [1.807, 2.05) is 0 Å². The van der Waals surface area contributed by atoms with E-state index in [-0.39, 0.29) is 17.6 Å². The molecule has 0 saturated heterocycles. The molecule has 1 aliphatic rings. The fraction of sp³-hybridized carbons (Fsp3) is 0.615. The van der Waals surface area contributed by atoms with Crippen molar-refractivity contribution in [1.29, 1.82) is 0 Å². The molecule has 0 radical (unpaired) electrons. The first kappa shape index (κ1) is 13.6. The van der Waals surface area contributed by atoms with Gasteiger partial charge in [-0.3, -0.25) is 10.1 Å². The highest BCUT2D eigenvalue weighted by Gasteiger charge is 2.26. The normalized spacial score (nSPS) is 26.9. The highest BCUT2D eigenvalue weighted by molar-refractivity contribution is 5.53. The molecule has 3 unspecified atom stereocenters. The van der Waals surface area contributed by atoms with Crippen LogP contribution in [0, 0.1) is 22.0 Å². The van der Waals surface area contributed by atoms with Crippen LogP contribution in [0.4, 0.5) is 11.5 Å². The molecule has 1 saturated carbocycles. The van der Waals surface area contributed by atoms with Crippen LogP contribution in [-0.4, -0.2) is 16.0 Å². The minimum atomic E-state index is -0.545. The molecule has 2 rings (SSSR count). The summed E-state index contributed by atoms with van der Waals surface area (Å²) in [7, 11) is 0. The highest BCUT2D eigenvalue weighted by Crippen LogP contribution is 2.32. The van der Waals surface area contributed by atoms with Crippen molar-refractivity contribution in [2.75, 3.05) is 5.73 Å². The van der Waals surface area contributed by atoms with Gasteiger partial charge in [0.2, 0.25) is 11.7 Å². The number of pyridine rings is 1. The topological polar surface area (TPSA) is 91.3 Å². The summed E-state index contributed by atoms with van der Waals surface area (Å²) in [6, 6.07) is 2.85. The molecule has 3 atom stereocenters. The zero-order valence-electron chi connectivity index (χ0n) is 11.2. The molecule has 0 aliphatic heterocycles. The van der Waals surface area contributed by atoms with Crippen molar-refractivity contribution in [3.8, 4) is 5.88 Å². The highest BCUT2D eigenvalue weighted by atomic mass is 16.6. The van der Waals surface area contributed by atoms with Gasteiger partial charge in [-0.2, -0.15) is 4.98 Å². The van der Waals surface area contributed by atoms with E-state index in [9.17, 15) is 10.1 Å². The van der Waals surface area contributed by atoms with Gasteiger partial charge in [0.1, 0.15) is 6.10 Å². The SMILES string of the molecule is CC1CCC(Oc2ccc([N+](=O)[O-])c(N)n2)CC1C. The Hall–Kier alpha value is -1.85. The number of aromatic nitrogens is 1. The van der Waals surface area contributed by atoms with Gasteiger partial charge in [-0.15, -0.1) is 0 Å². The lowest BCUT2D eigenvalue weighted by Crippen LogP contribution is -2.29. The molecule has 1 fully saturated rings. The molecule has 1 heterocycles. The fourth-order valence-electron chi connectivity index (χ4n) is 2.44. The molecule has 0 bridgehead atoms. The minimum absolute atomic E-state index is 0.0975. The average molecular weight is 265 g/mol. The number of ether oxygens (including phenoxy) is 1. The number of nitrogen functional groups attached to an aromatic ring is 1. The van der Waals surface area contributed by atoms with Gasteiger partial charge in [0, 0.05) is 12.1 Å². The van der Waals surface area contributed by atoms with Gasteiger partial charge in [0.05, 0.1) is 4.92 Å². The van der Waals surface area contributed by atoms with Crippen LogP contribution < -0.4 is 10.5 Å². The first-order chi connectivity index (χ1) is 8.97. The number of rotatable bonds is 3. The Bertz CT molecular complexity index is 478. The van der Waals surface area contributed by atoms with E-state index < -0.39 is 4.92 Å². The zero-order chi connectivity index (χ0) is 14.0. The standard InChI is InChI=1S/C13H19N3O3/c1-8-3-4-10(7-9(8)2)19-12-6-5-11(16(17)18)13(14)15-12/h5-6,8-10H,3-4,7H2,1-2H3,(H2,14,15). The summed E-state index contributed by atoms with van der Waals surface area (Å²) in [5, 5.41) is 10.6. The fourth-order valence-corrected chi connectivity index (χ4v) is 2.44. The van der Waals surface area contributed by atoms with Gasteiger partial charge in [0.15, 0.2) is 0 Å². The summed E-state index contributed by atoms with van der Waals surface area (Å²) < 4.78 is 5.78. The Kier molecular flexibility index (Phi) is 3.87. The van der Waals surface area contributed by atoms with Crippen LogP contribution in [-0.2, 0) is 0 Å². The maximum absolute atomic E-state index is 10.6. The van der Waals surface area contributed by atoms with Crippen molar-refractivity contribution in [1.82, 2.24) is 4.98 Å². The van der Waals surface area contributed by atoms with E-state index >= 15 is 0 Å². The summed E-state index contributed by atoms with van der Waals surface area (Å²) in [6.07, 6.45) is 3.23. The molecule has 0 amide bonds. The molecule has 6 heteroatoms. The monoisotopic (exact) mass is 265 g/mol. The first-order valence-corrected chi connectivity index (χ1v) is 6.55. The molecule has 1 aromatic heterocycles. The first-order valence-electron chi connectivity index (χ1n) is 6.55. The van der Waals surface area contributed by atoms with E-state index in [4.69, 9.17) is 10.5 Å². The van der Waals surface area contributed by atoms with E-state index in [1.165, 1.54) is 12.1 Å². The second-order valence-electron chi connectivity index (χ2n) is 5.32. The van der Waals surface area contributed by atoms with Crippen molar-refractivity contribution in [2.45, 2.75) is 39.2 Å². The molecule has 1 aromatic rings. The van der Waals surface area contributed by atoms with Gasteiger partial charge in [0.25, 0.3) is 0 Å². The quantitative estimate of drug-likeness (QED) is 0.670. The van der Waals surface area contributed by atoms with E-state index in [2.05, 4.69) is 18.8 Å². The summed E-state index contributed by atoms with van der Waals surface area (Å²) in [6.45, 7) is 4.47.